The molecule has 8 heteroatoms. The topological polar surface area (TPSA) is 89.0 Å². The summed E-state index contributed by atoms with van der Waals surface area (Å²) in [5, 5.41) is 7.16. The van der Waals surface area contributed by atoms with Gasteiger partial charge in [-0.1, -0.05) is 34.1 Å². The second-order valence-corrected chi connectivity index (χ2v) is 7.12. The maximum atomic E-state index is 12.8. The van der Waals surface area contributed by atoms with Crippen molar-refractivity contribution in [1.82, 2.24) is 14.8 Å². The quantitative estimate of drug-likeness (QED) is 0.560. The predicted molar refractivity (Wildman–Crippen MR) is 110 cm³/mol. The first-order valence-electron chi connectivity index (χ1n) is 8.85. The van der Waals surface area contributed by atoms with Crippen LogP contribution >= 0.6 is 15.9 Å². The molecule has 3 rings (SSSR count). The van der Waals surface area contributed by atoms with Crippen LogP contribution in [0.4, 0.5) is 5.82 Å². The molecule has 0 unspecified atom stereocenters. The highest BCUT2D eigenvalue weighted by Crippen LogP contribution is 2.22. The highest BCUT2D eigenvalue weighted by Gasteiger charge is 2.23. The fraction of sp³-hybridized carbons (Fsp3) is 0.250. The summed E-state index contributed by atoms with van der Waals surface area (Å²) in [5.41, 5.74) is 2.93. The van der Waals surface area contributed by atoms with Crippen LogP contribution in [0.25, 0.3) is 0 Å². The van der Waals surface area contributed by atoms with Crippen LogP contribution in [0.2, 0.25) is 0 Å². The number of ether oxygens (including phenoxy) is 1. The Morgan fingerprint density at radius 2 is 2.00 bits per heavy atom. The first-order chi connectivity index (χ1) is 13.4. The molecule has 0 radical (unpaired) electrons. The SMILES string of the molecule is CCOC(=O)c1c(C)[nH]c(C(=O)Nc2ccnn2Cc2ccccc2Br)c1C. The van der Waals surface area contributed by atoms with Crippen LogP contribution in [-0.4, -0.2) is 33.2 Å². The van der Waals surface area contributed by atoms with E-state index < -0.39 is 5.97 Å². The Labute approximate surface area is 171 Å². The Morgan fingerprint density at radius 1 is 1.25 bits per heavy atom. The lowest BCUT2D eigenvalue weighted by Crippen LogP contribution is -2.17. The van der Waals surface area contributed by atoms with E-state index in [2.05, 4.69) is 31.3 Å². The first-order valence-corrected chi connectivity index (χ1v) is 9.64. The number of anilines is 1. The number of nitrogens with one attached hydrogen (secondary N) is 2. The zero-order valence-electron chi connectivity index (χ0n) is 15.9. The zero-order valence-corrected chi connectivity index (χ0v) is 17.5. The summed E-state index contributed by atoms with van der Waals surface area (Å²) >= 11 is 3.52. The van der Waals surface area contributed by atoms with Crippen LogP contribution in [0.15, 0.2) is 41.0 Å². The van der Waals surface area contributed by atoms with Gasteiger partial charge in [0.1, 0.15) is 11.5 Å². The average molecular weight is 445 g/mol. The van der Waals surface area contributed by atoms with Crippen molar-refractivity contribution in [3.63, 3.8) is 0 Å². The number of benzene rings is 1. The molecule has 0 atom stereocenters. The molecule has 0 bridgehead atoms. The molecule has 3 aromatic rings. The number of carbonyl (C=O) groups is 2. The minimum absolute atomic E-state index is 0.276. The maximum absolute atomic E-state index is 12.8. The summed E-state index contributed by atoms with van der Waals surface area (Å²) in [6.45, 7) is 5.99. The number of H-pyrrole nitrogens is 1. The van der Waals surface area contributed by atoms with Gasteiger partial charge in [-0.3, -0.25) is 4.79 Å². The average Bonchev–Trinajstić information content (AvgIpc) is 3.20. The van der Waals surface area contributed by atoms with Crippen LogP contribution in [0.1, 0.15) is 44.6 Å². The number of aromatic nitrogens is 3. The van der Waals surface area contributed by atoms with E-state index in [0.29, 0.717) is 34.9 Å². The monoisotopic (exact) mass is 444 g/mol. The summed E-state index contributed by atoms with van der Waals surface area (Å²) < 4.78 is 7.75. The van der Waals surface area contributed by atoms with Gasteiger partial charge in [0.15, 0.2) is 0 Å². The number of esters is 1. The summed E-state index contributed by atoms with van der Waals surface area (Å²) in [4.78, 5) is 27.9. The minimum Gasteiger partial charge on any atom is -0.462 e. The number of hydrogen-bond donors (Lipinski definition) is 2. The molecular formula is C20H21BrN4O3. The molecule has 0 aliphatic heterocycles. The van der Waals surface area contributed by atoms with Crippen molar-refractivity contribution in [3.8, 4) is 0 Å². The molecule has 7 nitrogen and oxygen atoms in total. The number of aryl methyl sites for hydroxylation is 1. The fourth-order valence-corrected chi connectivity index (χ4v) is 3.43. The fourth-order valence-electron chi connectivity index (χ4n) is 3.02. The first kappa shape index (κ1) is 19.9. The maximum Gasteiger partial charge on any atom is 0.340 e. The van der Waals surface area contributed by atoms with Gasteiger partial charge in [0.05, 0.1) is 24.9 Å². The third-order valence-corrected chi connectivity index (χ3v) is 5.15. The molecule has 0 saturated heterocycles. The molecule has 1 amide bonds. The summed E-state index contributed by atoms with van der Waals surface area (Å²) in [7, 11) is 0. The smallest absolute Gasteiger partial charge is 0.340 e. The molecule has 1 aromatic carbocycles. The lowest BCUT2D eigenvalue weighted by molar-refractivity contribution is 0.0525. The molecule has 0 saturated carbocycles. The summed E-state index contributed by atoms with van der Waals surface area (Å²) in [6.07, 6.45) is 1.63. The van der Waals surface area contributed by atoms with E-state index in [1.165, 1.54) is 0 Å². The van der Waals surface area contributed by atoms with Crippen molar-refractivity contribution in [2.75, 3.05) is 11.9 Å². The molecule has 0 aliphatic rings. The highest BCUT2D eigenvalue weighted by molar-refractivity contribution is 9.10. The number of amides is 1. The van der Waals surface area contributed by atoms with Crippen molar-refractivity contribution >= 4 is 33.6 Å². The van der Waals surface area contributed by atoms with E-state index in [-0.39, 0.29) is 12.5 Å². The Bertz CT molecular complexity index is 1020. The van der Waals surface area contributed by atoms with Crippen LogP contribution < -0.4 is 5.32 Å². The highest BCUT2D eigenvalue weighted by atomic mass is 79.9. The van der Waals surface area contributed by atoms with Gasteiger partial charge in [-0.25, -0.2) is 9.48 Å². The third kappa shape index (κ3) is 4.01. The molecule has 0 fully saturated rings. The second kappa shape index (κ2) is 8.43. The molecule has 2 aromatic heterocycles. The molecule has 2 heterocycles. The molecule has 0 spiro atoms. The van der Waals surface area contributed by atoms with E-state index in [9.17, 15) is 9.59 Å². The number of aromatic amines is 1. The number of halogens is 1. The van der Waals surface area contributed by atoms with Crippen molar-refractivity contribution < 1.29 is 14.3 Å². The van der Waals surface area contributed by atoms with Gasteiger partial charge in [0.25, 0.3) is 5.91 Å². The van der Waals surface area contributed by atoms with E-state index in [1.807, 2.05) is 24.3 Å². The van der Waals surface area contributed by atoms with Gasteiger partial charge in [-0.05, 0) is 38.0 Å². The van der Waals surface area contributed by atoms with Crippen molar-refractivity contribution in [2.45, 2.75) is 27.3 Å². The van der Waals surface area contributed by atoms with Crippen molar-refractivity contribution in [3.05, 3.63) is 69.1 Å². The number of carbonyl (C=O) groups excluding carboxylic acids is 2. The van der Waals surface area contributed by atoms with Gasteiger partial charge in [-0.2, -0.15) is 5.10 Å². The molecule has 2 N–H and O–H groups in total. The molecule has 146 valence electrons. The van der Waals surface area contributed by atoms with Crippen LogP contribution in [-0.2, 0) is 11.3 Å². The van der Waals surface area contributed by atoms with Gasteiger partial charge in [0, 0.05) is 16.2 Å². The van der Waals surface area contributed by atoms with Gasteiger partial charge >= 0.3 is 5.97 Å². The van der Waals surface area contributed by atoms with Crippen LogP contribution in [0.5, 0.6) is 0 Å². The number of rotatable bonds is 6. The van der Waals surface area contributed by atoms with Gasteiger partial charge in [0.2, 0.25) is 0 Å². The van der Waals surface area contributed by atoms with Crippen LogP contribution in [0, 0.1) is 13.8 Å². The summed E-state index contributed by atoms with van der Waals surface area (Å²) in [5.74, 6) is -0.220. The van der Waals surface area contributed by atoms with Crippen molar-refractivity contribution in [2.24, 2.45) is 0 Å². The van der Waals surface area contributed by atoms with E-state index in [4.69, 9.17) is 4.74 Å². The largest absolute Gasteiger partial charge is 0.462 e. The van der Waals surface area contributed by atoms with Crippen LogP contribution in [0.3, 0.4) is 0 Å². The van der Waals surface area contributed by atoms with E-state index in [0.717, 1.165) is 10.0 Å². The van der Waals surface area contributed by atoms with Gasteiger partial charge in [-0.15, -0.1) is 0 Å². The summed E-state index contributed by atoms with van der Waals surface area (Å²) in [6, 6.07) is 9.56. The lowest BCUT2D eigenvalue weighted by Gasteiger charge is -2.10. The Hall–Kier alpha value is -2.87. The normalized spacial score (nSPS) is 10.7. The third-order valence-electron chi connectivity index (χ3n) is 4.38. The molecule has 0 aliphatic carbocycles. The van der Waals surface area contributed by atoms with E-state index in [1.54, 1.807) is 37.7 Å². The zero-order chi connectivity index (χ0) is 20.3. The molecule has 28 heavy (non-hydrogen) atoms. The molecular weight excluding hydrogens is 424 g/mol. The Kier molecular flexibility index (Phi) is 5.99. The van der Waals surface area contributed by atoms with E-state index >= 15 is 0 Å². The lowest BCUT2D eigenvalue weighted by atomic mass is 10.1. The minimum atomic E-state index is -0.438. The van der Waals surface area contributed by atoms with Gasteiger partial charge < -0.3 is 15.0 Å². The number of hydrogen-bond acceptors (Lipinski definition) is 4. The van der Waals surface area contributed by atoms with Crippen molar-refractivity contribution in [1.29, 1.82) is 0 Å². The number of nitrogens with zero attached hydrogens (tertiary/aromatic N) is 2. The Balaban J connectivity index is 1.82. The second-order valence-electron chi connectivity index (χ2n) is 6.27. The Morgan fingerprint density at radius 3 is 2.71 bits per heavy atom. The predicted octanol–water partition coefficient (Wildman–Crippen LogP) is 4.07. The standard InChI is InChI=1S/C20H21BrN4O3/c1-4-28-20(27)17-12(2)18(23-13(17)3)19(26)24-16-9-10-22-25(16)11-14-7-5-6-8-15(14)21/h5-10,23H,4,11H2,1-3H3,(H,24,26).